The number of guanidine groups is 1. The summed E-state index contributed by atoms with van der Waals surface area (Å²) in [7, 11) is 1.70. The van der Waals surface area contributed by atoms with Crippen LogP contribution in [0.4, 0.5) is 0 Å². The highest BCUT2D eigenvalue weighted by Gasteiger charge is 2.17. The molecular weight excluding hydrogens is 389 g/mol. The molecule has 1 fully saturated rings. The van der Waals surface area contributed by atoms with Crippen molar-refractivity contribution in [2.24, 2.45) is 4.99 Å². The van der Waals surface area contributed by atoms with Crippen LogP contribution >= 0.6 is 35.7 Å². The molecule has 20 heavy (non-hydrogen) atoms. The molecule has 1 aliphatic heterocycles. The van der Waals surface area contributed by atoms with Gasteiger partial charge in [-0.3, -0.25) is 9.79 Å². The van der Waals surface area contributed by atoms with Crippen LogP contribution in [0.2, 0.25) is 0 Å². The van der Waals surface area contributed by atoms with Gasteiger partial charge in [-0.2, -0.15) is 11.8 Å². The maximum absolute atomic E-state index is 11.6. The number of nitrogens with zero attached hydrogens (tertiary/aromatic N) is 1. The minimum atomic E-state index is -0.448. The van der Waals surface area contributed by atoms with Crippen LogP contribution in [0, 0.1) is 0 Å². The highest BCUT2D eigenvalue weighted by Crippen LogP contribution is 2.25. The number of esters is 1. The smallest absolute Gasteiger partial charge is 0.325 e. The zero-order valence-corrected chi connectivity index (χ0v) is 15.8. The molecule has 0 saturated carbocycles. The molecule has 1 rings (SSSR count). The lowest BCUT2D eigenvalue weighted by molar-refractivity contribution is -0.153. The molecule has 0 bridgehead atoms. The molecule has 1 heterocycles. The van der Waals surface area contributed by atoms with Crippen LogP contribution in [-0.2, 0) is 9.53 Å². The molecular formula is C13H26IN3O2S. The summed E-state index contributed by atoms with van der Waals surface area (Å²) < 4.78 is 5.22. The second kappa shape index (κ2) is 9.70. The normalized spacial score (nSPS) is 19.2. The first-order valence-corrected chi connectivity index (χ1v) is 7.73. The third-order valence-corrected chi connectivity index (χ3v) is 3.96. The van der Waals surface area contributed by atoms with E-state index in [2.05, 4.69) is 15.6 Å². The average Bonchev–Trinajstić information content (AvgIpc) is 2.80. The van der Waals surface area contributed by atoms with Gasteiger partial charge in [-0.15, -0.1) is 24.0 Å². The Labute approximate surface area is 143 Å². The quantitative estimate of drug-likeness (QED) is 0.318. The first-order valence-electron chi connectivity index (χ1n) is 6.68. The summed E-state index contributed by atoms with van der Waals surface area (Å²) in [6, 6.07) is 0. The van der Waals surface area contributed by atoms with Gasteiger partial charge in [0, 0.05) is 18.8 Å². The van der Waals surface area contributed by atoms with Gasteiger partial charge in [0.05, 0.1) is 0 Å². The van der Waals surface area contributed by atoms with E-state index in [1.54, 1.807) is 7.05 Å². The van der Waals surface area contributed by atoms with Crippen LogP contribution in [0.1, 0.15) is 33.6 Å². The third kappa shape index (κ3) is 8.89. The fraction of sp³-hybridized carbons (Fsp3) is 0.846. The van der Waals surface area contributed by atoms with Crippen molar-refractivity contribution in [3.63, 3.8) is 0 Å². The van der Waals surface area contributed by atoms with E-state index in [9.17, 15) is 4.79 Å². The summed E-state index contributed by atoms with van der Waals surface area (Å²) in [5.41, 5.74) is -0.448. The molecule has 2 N–H and O–H groups in total. The van der Waals surface area contributed by atoms with Gasteiger partial charge < -0.3 is 15.4 Å². The monoisotopic (exact) mass is 415 g/mol. The molecule has 0 amide bonds. The summed E-state index contributed by atoms with van der Waals surface area (Å²) >= 11 is 1.99. The van der Waals surface area contributed by atoms with E-state index in [1.807, 2.05) is 32.5 Å². The Kier molecular flexibility index (Phi) is 9.61. The fourth-order valence-electron chi connectivity index (χ4n) is 1.77. The van der Waals surface area contributed by atoms with Gasteiger partial charge in [-0.1, -0.05) is 0 Å². The molecule has 0 aromatic rings. The van der Waals surface area contributed by atoms with E-state index in [0.29, 0.717) is 11.2 Å². The van der Waals surface area contributed by atoms with Crippen LogP contribution in [0.5, 0.6) is 0 Å². The summed E-state index contributed by atoms with van der Waals surface area (Å²) in [5.74, 6) is 1.63. The standard InChI is InChI=1S/C13H25N3O2S.HI/c1-13(2,3)18-11(17)9-16-12(14-4)15-8-10-6-5-7-19-10;/h10H,5-9H2,1-4H3,(H2,14,15,16);1H. The second-order valence-electron chi connectivity index (χ2n) is 5.53. The van der Waals surface area contributed by atoms with Crippen molar-refractivity contribution in [2.45, 2.75) is 44.5 Å². The summed E-state index contributed by atoms with van der Waals surface area (Å²) in [5, 5.41) is 6.86. The molecule has 0 aromatic heterocycles. The SMILES string of the molecule is CN=C(NCC(=O)OC(C)(C)C)NCC1CCCS1.I. The molecule has 0 aliphatic carbocycles. The van der Waals surface area contributed by atoms with E-state index in [1.165, 1.54) is 18.6 Å². The third-order valence-electron chi connectivity index (χ3n) is 2.56. The van der Waals surface area contributed by atoms with Gasteiger partial charge in [0.2, 0.25) is 0 Å². The molecule has 0 spiro atoms. The highest BCUT2D eigenvalue weighted by atomic mass is 127. The summed E-state index contributed by atoms with van der Waals surface area (Å²) in [6.07, 6.45) is 2.54. The van der Waals surface area contributed by atoms with Crippen molar-refractivity contribution >= 4 is 47.7 Å². The number of carbonyl (C=O) groups is 1. The molecule has 1 atom stereocenters. The van der Waals surface area contributed by atoms with Crippen LogP contribution in [0.25, 0.3) is 0 Å². The topological polar surface area (TPSA) is 62.7 Å². The first kappa shape index (κ1) is 19.8. The maximum Gasteiger partial charge on any atom is 0.325 e. The Morgan fingerprint density at radius 1 is 1.40 bits per heavy atom. The largest absolute Gasteiger partial charge is 0.459 e. The Morgan fingerprint density at radius 3 is 2.60 bits per heavy atom. The zero-order chi connectivity index (χ0) is 14.3. The van der Waals surface area contributed by atoms with Crippen LogP contribution in [0.15, 0.2) is 4.99 Å². The van der Waals surface area contributed by atoms with Crippen molar-refractivity contribution in [1.29, 1.82) is 0 Å². The van der Waals surface area contributed by atoms with Crippen molar-refractivity contribution in [3.05, 3.63) is 0 Å². The minimum absolute atomic E-state index is 0. The number of rotatable bonds is 4. The van der Waals surface area contributed by atoms with Crippen molar-refractivity contribution in [2.75, 3.05) is 25.9 Å². The van der Waals surface area contributed by atoms with Gasteiger partial charge in [0.25, 0.3) is 0 Å². The van der Waals surface area contributed by atoms with Gasteiger partial charge in [0.15, 0.2) is 5.96 Å². The van der Waals surface area contributed by atoms with Crippen LogP contribution in [-0.4, -0.2) is 48.7 Å². The van der Waals surface area contributed by atoms with Gasteiger partial charge >= 0.3 is 5.97 Å². The number of thioether (sulfide) groups is 1. The number of ether oxygens (including phenoxy) is 1. The minimum Gasteiger partial charge on any atom is -0.459 e. The number of halogens is 1. The number of aliphatic imine (C=N–C) groups is 1. The maximum atomic E-state index is 11.6. The summed E-state index contributed by atoms with van der Waals surface area (Å²) in [4.78, 5) is 15.7. The molecule has 1 aliphatic rings. The Morgan fingerprint density at radius 2 is 2.10 bits per heavy atom. The van der Waals surface area contributed by atoms with Crippen molar-refractivity contribution < 1.29 is 9.53 Å². The van der Waals surface area contributed by atoms with Crippen LogP contribution < -0.4 is 10.6 Å². The molecule has 7 heteroatoms. The van der Waals surface area contributed by atoms with Crippen LogP contribution in [0.3, 0.4) is 0 Å². The molecule has 0 radical (unpaired) electrons. The van der Waals surface area contributed by atoms with E-state index >= 15 is 0 Å². The first-order chi connectivity index (χ1) is 8.90. The van der Waals surface area contributed by atoms with Crippen molar-refractivity contribution in [1.82, 2.24) is 10.6 Å². The Balaban J connectivity index is 0.00000361. The van der Waals surface area contributed by atoms with E-state index < -0.39 is 5.60 Å². The van der Waals surface area contributed by atoms with E-state index in [0.717, 1.165) is 6.54 Å². The number of carbonyl (C=O) groups excluding carboxylic acids is 1. The Hall–Kier alpha value is -0.180. The van der Waals surface area contributed by atoms with Gasteiger partial charge in [-0.25, -0.2) is 0 Å². The lowest BCUT2D eigenvalue weighted by Crippen LogP contribution is -2.43. The van der Waals surface area contributed by atoms with Gasteiger partial charge in [0.1, 0.15) is 12.1 Å². The highest BCUT2D eigenvalue weighted by molar-refractivity contribution is 14.0. The second-order valence-corrected chi connectivity index (χ2v) is 6.94. The number of nitrogens with one attached hydrogen (secondary N) is 2. The number of hydrogen-bond donors (Lipinski definition) is 2. The summed E-state index contributed by atoms with van der Waals surface area (Å²) in [6.45, 7) is 6.59. The average molecular weight is 415 g/mol. The lowest BCUT2D eigenvalue weighted by Gasteiger charge is -2.20. The molecule has 1 saturated heterocycles. The van der Waals surface area contributed by atoms with Gasteiger partial charge in [-0.05, 0) is 39.4 Å². The molecule has 118 valence electrons. The van der Waals surface area contributed by atoms with E-state index in [4.69, 9.17) is 4.74 Å². The number of hydrogen-bond acceptors (Lipinski definition) is 4. The molecule has 5 nitrogen and oxygen atoms in total. The lowest BCUT2D eigenvalue weighted by atomic mass is 10.2. The Bertz CT molecular complexity index is 326. The molecule has 1 unspecified atom stereocenters. The van der Waals surface area contributed by atoms with E-state index in [-0.39, 0.29) is 36.5 Å². The zero-order valence-electron chi connectivity index (χ0n) is 12.7. The molecule has 0 aromatic carbocycles. The predicted molar refractivity (Wildman–Crippen MR) is 96.1 cm³/mol. The predicted octanol–water partition coefficient (Wildman–Crippen LogP) is 2.01. The van der Waals surface area contributed by atoms with Crippen molar-refractivity contribution in [3.8, 4) is 0 Å². The fourth-order valence-corrected chi connectivity index (χ4v) is 2.97.